The molecule has 12 rings (SSSR count). The van der Waals surface area contributed by atoms with Gasteiger partial charge in [-0.3, -0.25) is 10.3 Å². The minimum Gasteiger partial charge on any atom is -0.381 e. The van der Waals surface area contributed by atoms with Crippen molar-refractivity contribution in [3.63, 3.8) is 0 Å². The quantitative estimate of drug-likeness (QED) is 0.182. The van der Waals surface area contributed by atoms with Gasteiger partial charge in [0.25, 0.3) is 0 Å². The fourth-order valence-corrected chi connectivity index (χ4v) is 8.70. The first-order valence-corrected chi connectivity index (χ1v) is 41.2. The van der Waals surface area contributed by atoms with E-state index >= 15 is 0 Å². The van der Waals surface area contributed by atoms with Crippen molar-refractivity contribution in [2.45, 2.75) is 358 Å². The molecule has 102 heavy (non-hydrogen) atoms. The summed E-state index contributed by atoms with van der Waals surface area (Å²) in [5.41, 5.74) is 1.90. The summed E-state index contributed by atoms with van der Waals surface area (Å²) >= 11 is 5.95. The number of aliphatic imine (C=N–C) groups is 1. The number of ether oxygens (including phenoxy) is 10. The Balaban J connectivity index is -0.0000000285. The molecule has 0 aromatic rings. The lowest BCUT2D eigenvalue weighted by atomic mass is 10.2. The lowest BCUT2D eigenvalue weighted by Crippen LogP contribution is -2.30. The van der Waals surface area contributed by atoms with Gasteiger partial charge < -0.3 is 63.3 Å². The van der Waals surface area contributed by atoms with Crippen molar-refractivity contribution in [2.75, 3.05) is 201 Å². The first-order chi connectivity index (χ1) is 45.0. The second-order valence-corrected chi connectivity index (χ2v) is 19.4. The lowest BCUT2D eigenvalue weighted by Gasteiger charge is -2.10. The Morgan fingerprint density at radius 1 is 0.216 bits per heavy atom. The average molecular weight is 1560 g/mol. The van der Waals surface area contributed by atoms with Crippen LogP contribution in [-0.2, 0) is 47.4 Å². The average Bonchev–Trinajstić information content (AvgIpc) is 4.61. The van der Waals surface area contributed by atoms with Gasteiger partial charge in [-0.05, 0) is 139 Å². The second kappa shape index (κ2) is 232. The highest BCUT2D eigenvalue weighted by Gasteiger charge is 2.00. The molecule has 0 atom stereocenters. The monoisotopic (exact) mass is 1550 g/mol. The zero-order valence-corrected chi connectivity index (χ0v) is 68.0. The maximum Gasteiger partial charge on any atom is 0.146 e. The maximum atomic E-state index is 5.07. The SMILES string of the molecule is C.C.C.C.C.C.C.C.C.C.C.C.C1=NCCS1.C1CCNC1.C1CCNCC1.C1CCOC1.C1CCOCC1.C1CCSC1.C1CCSCC1.C1COCCN1.C1COCCO1.C1COCN1.C1COCO1.C1COCOC1.CC.CC.CC.CC.CC.CC.CC.CC.CC.CC.CC.CC. The van der Waals surface area contributed by atoms with E-state index in [4.69, 9.17) is 47.4 Å². The molecule has 0 bridgehead atoms. The van der Waals surface area contributed by atoms with Crippen LogP contribution in [0.2, 0.25) is 0 Å². The Labute approximate surface area is 669 Å². The predicted octanol–water partition coefficient (Wildman–Crippen LogP) is 26.8. The minimum absolute atomic E-state index is 0. The van der Waals surface area contributed by atoms with Gasteiger partial charge in [-0.2, -0.15) is 23.5 Å². The Hall–Kier alpha value is 0.160. The van der Waals surface area contributed by atoms with Crippen LogP contribution in [0.1, 0.15) is 358 Å². The van der Waals surface area contributed by atoms with E-state index in [0.29, 0.717) is 13.6 Å². The van der Waals surface area contributed by atoms with Crippen LogP contribution in [0.4, 0.5) is 0 Å². The smallest absolute Gasteiger partial charge is 0.146 e. The molecule has 12 aliphatic rings. The van der Waals surface area contributed by atoms with E-state index in [1.165, 1.54) is 151 Å². The van der Waals surface area contributed by atoms with E-state index in [9.17, 15) is 0 Å². The van der Waals surface area contributed by atoms with Crippen LogP contribution in [0.3, 0.4) is 0 Å². The van der Waals surface area contributed by atoms with Crippen molar-refractivity contribution < 1.29 is 47.4 Å². The largest absolute Gasteiger partial charge is 0.381 e. The van der Waals surface area contributed by atoms with Gasteiger partial charge in [0.1, 0.15) is 13.6 Å². The molecule has 0 aromatic heterocycles. The van der Waals surface area contributed by atoms with Gasteiger partial charge >= 0.3 is 0 Å². The first-order valence-electron chi connectivity index (χ1n) is 37.9. The number of morpholine rings is 1. The van der Waals surface area contributed by atoms with Crippen LogP contribution >= 0.6 is 35.3 Å². The number of thioether (sulfide) groups is 3. The summed E-state index contributed by atoms with van der Waals surface area (Å²) in [5.74, 6) is 6.86. The number of nitrogens with zero attached hydrogens (tertiary/aromatic N) is 1. The summed E-state index contributed by atoms with van der Waals surface area (Å²) in [4.78, 5) is 3.92. The van der Waals surface area contributed by atoms with Crippen LogP contribution in [-0.4, -0.2) is 206 Å². The van der Waals surface area contributed by atoms with Crippen LogP contribution in [0.5, 0.6) is 0 Å². The van der Waals surface area contributed by atoms with E-state index < -0.39 is 0 Å². The zero-order chi connectivity index (χ0) is 70.7. The van der Waals surface area contributed by atoms with Crippen LogP contribution < -0.4 is 21.3 Å². The third-order valence-electron chi connectivity index (χ3n) is 9.96. The molecule has 0 saturated carbocycles. The van der Waals surface area contributed by atoms with Crippen LogP contribution in [0, 0.1) is 0 Å². The van der Waals surface area contributed by atoms with Crippen LogP contribution in [0.15, 0.2) is 4.99 Å². The molecule has 12 aliphatic heterocycles. The van der Waals surface area contributed by atoms with Gasteiger partial charge in [0.05, 0.1) is 85.0 Å². The summed E-state index contributed by atoms with van der Waals surface area (Å²) in [5, 5.41) is 12.7. The Bertz CT molecular complexity index is 625. The molecule has 0 amide bonds. The molecular formula is C84H219N5O10S3. The van der Waals surface area contributed by atoms with Gasteiger partial charge in [0.15, 0.2) is 0 Å². The Kier molecular flexibility index (Phi) is 389. The molecule has 11 fully saturated rings. The standard InChI is InChI=1S/C5H11N.C5H10O.C5H10S.C4H9NO.C4H9N.2C4H8O2.C4H8O.C4H8S.C3H7NO.C3H5NS.C3H6O2.12C2H6.12CH4/c3*1-2-4-6-5-3-1;1-3-6-4-2-5-1;1-2-4-5-3-1;1-2-6-4-3-5-1;1-2-5-4-6-3-1;2*1-2-4-5-3-1;3*1-2-5-3-4-1;12*1-2;;;;;;;;;;;;/h6H,1-5H2;2*1-5H2;5H,1-4H2;5H,1-4H2;2*1-4H2;2*1-4H2;4H,1-3H2;3H,1-2H2;1-3H2;12*1-2H3;12*1H4. The molecule has 0 radical (unpaired) electrons. The highest BCUT2D eigenvalue weighted by molar-refractivity contribution is 8.12. The van der Waals surface area contributed by atoms with Crippen molar-refractivity contribution in [1.29, 1.82) is 0 Å². The predicted molar refractivity (Wildman–Crippen MR) is 496 cm³/mol. The summed E-state index contributed by atoms with van der Waals surface area (Å²) in [7, 11) is 0. The van der Waals surface area contributed by atoms with E-state index in [1.54, 1.807) is 11.8 Å². The molecular weight excluding hydrogens is 1340 g/mol. The van der Waals surface area contributed by atoms with Gasteiger partial charge in [-0.1, -0.05) is 268 Å². The number of piperidine rings is 1. The van der Waals surface area contributed by atoms with Crippen LogP contribution in [0.25, 0.3) is 0 Å². The zero-order valence-electron chi connectivity index (χ0n) is 65.6. The van der Waals surface area contributed by atoms with E-state index in [0.717, 1.165) is 138 Å². The molecule has 11 saturated heterocycles. The van der Waals surface area contributed by atoms with E-state index in [2.05, 4.69) is 49.8 Å². The molecule has 18 heteroatoms. The molecule has 0 aromatic carbocycles. The molecule has 658 valence electrons. The molecule has 0 aliphatic carbocycles. The number of hydrogen-bond donors (Lipinski definition) is 4. The fraction of sp³-hybridized carbons (Fsp3) is 0.988. The third kappa shape index (κ3) is 225. The second-order valence-electron chi connectivity index (χ2n) is 16.0. The summed E-state index contributed by atoms with van der Waals surface area (Å²) in [6.45, 7) is 71.9. The van der Waals surface area contributed by atoms with Gasteiger partial charge in [-0.25, -0.2) is 0 Å². The summed E-state index contributed by atoms with van der Waals surface area (Å²) in [6, 6.07) is 0. The van der Waals surface area contributed by atoms with Crippen molar-refractivity contribution in [2.24, 2.45) is 4.99 Å². The van der Waals surface area contributed by atoms with Crippen molar-refractivity contribution in [1.82, 2.24) is 21.3 Å². The molecule has 0 spiro atoms. The number of hydrogen-bond acceptors (Lipinski definition) is 18. The maximum absolute atomic E-state index is 5.07. The van der Waals surface area contributed by atoms with Crippen molar-refractivity contribution in [3.05, 3.63) is 0 Å². The molecule has 0 unspecified atom stereocenters. The first kappa shape index (κ1) is 171. The number of rotatable bonds is 0. The third-order valence-corrected chi connectivity index (χ3v) is 13.0. The minimum atomic E-state index is 0. The highest BCUT2D eigenvalue weighted by atomic mass is 32.2. The Morgan fingerprint density at radius 2 is 0.451 bits per heavy atom. The lowest BCUT2D eigenvalue weighted by molar-refractivity contribution is -0.0963. The van der Waals surface area contributed by atoms with Gasteiger partial charge in [0.2, 0.25) is 0 Å². The van der Waals surface area contributed by atoms with Gasteiger partial charge in [0, 0.05) is 58.4 Å². The van der Waals surface area contributed by atoms with Crippen molar-refractivity contribution >= 4 is 40.8 Å². The van der Waals surface area contributed by atoms with E-state index in [-0.39, 0.29) is 89.1 Å². The van der Waals surface area contributed by atoms with Crippen molar-refractivity contribution in [3.8, 4) is 0 Å². The highest BCUT2D eigenvalue weighted by Crippen LogP contribution is 2.15. The topological polar surface area (TPSA) is 153 Å². The number of nitrogens with one attached hydrogen (secondary N) is 4. The van der Waals surface area contributed by atoms with Gasteiger partial charge in [-0.15, -0.1) is 11.8 Å². The molecule has 12 heterocycles. The molecule has 4 N–H and O–H groups in total. The fourth-order valence-electron chi connectivity index (χ4n) is 6.14. The summed E-state index contributed by atoms with van der Waals surface area (Å²) in [6.07, 6.45) is 21.9. The summed E-state index contributed by atoms with van der Waals surface area (Å²) < 4.78 is 48.9. The van der Waals surface area contributed by atoms with E-state index in [1.807, 2.05) is 172 Å². The Morgan fingerprint density at radius 3 is 0.569 bits per heavy atom. The molecule has 15 nitrogen and oxygen atoms in total. The normalized spacial score (nSPS) is 16.1.